The van der Waals surface area contributed by atoms with E-state index < -0.39 is 0 Å². The zero-order valence-corrected chi connectivity index (χ0v) is 21.6. The van der Waals surface area contributed by atoms with Crippen molar-refractivity contribution in [1.82, 2.24) is 14.9 Å². The molecule has 1 aliphatic rings. The molecule has 0 unspecified atom stereocenters. The summed E-state index contributed by atoms with van der Waals surface area (Å²) in [5.41, 5.74) is 4.45. The van der Waals surface area contributed by atoms with Crippen LogP contribution in [0.3, 0.4) is 0 Å². The zero-order valence-electron chi connectivity index (χ0n) is 20.8. The lowest BCUT2D eigenvalue weighted by Gasteiger charge is -2.37. The van der Waals surface area contributed by atoms with Crippen molar-refractivity contribution < 1.29 is 9.18 Å². The fraction of sp³-hybridized carbons (Fsp3) is 0.370. The number of halogens is 1. The molecule has 3 aromatic rings. The number of hydrogen-bond donors (Lipinski definition) is 0. The topological polar surface area (TPSA) is 52.6 Å². The standard InChI is InChI=1S/C27H32FN5OS/c1-5-31(4)26(34)22-10-8-9-21(17-22)18-35-27-29-20(3)19(2)25(30-27)33-15-13-32(14-16-33)24-12-7-6-11-23(24)28/h6-12,17H,5,13-16,18H2,1-4H3. The predicted molar refractivity (Wildman–Crippen MR) is 141 cm³/mol. The Bertz CT molecular complexity index is 1200. The molecule has 4 rings (SSSR count). The summed E-state index contributed by atoms with van der Waals surface area (Å²) in [6.07, 6.45) is 0. The quantitative estimate of drug-likeness (QED) is 0.343. The molecule has 0 radical (unpaired) electrons. The van der Waals surface area contributed by atoms with Gasteiger partial charge in [-0.25, -0.2) is 14.4 Å². The Labute approximate surface area is 211 Å². The highest BCUT2D eigenvalue weighted by molar-refractivity contribution is 7.98. The summed E-state index contributed by atoms with van der Waals surface area (Å²) in [4.78, 5) is 28.2. The van der Waals surface area contributed by atoms with Crippen LogP contribution < -0.4 is 9.80 Å². The highest BCUT2D eigenvalue weighted by Crippen LogP contribution is 2.28. The number of aromatic nitrogens is 2. The average Bonchev–Trinajstić information content (AvgIpc) is 2.89. The summed E-state index contributed by atoms with van der Waals surface area (Å²) in [6, 6.07) is 14.7. The van der Waals surface area contributed by atoms with Crippen LogP contribution in [-0.2, 0) is 5.75 Å². The molecule has 6 nitrogen and oxygen atoms in total. The second-order valence-electron chi connectivity index (χ2n) is 8.77. The van der Waals surface area contributed by atoms with Gasteiger partial charge in [0, 0.05) is 62.3 Å². The molecular weight excluding hydrogens is 461 g/mol. The third kappa shape index (κ3) is 5.75. The minimum Gasteiger partial charge on any atom is -0.366 e. The summed E-state index contributed by atoms with van der Waals surface area (Å²) in [7, 11) is 1.81. The van der Waals surface area contributed by atoms with E-state index in [2.05, 4.69) is 16.7 Å². The van der Waals surface area contributed by atoms with Gasteiger partial charge < -0.3 is 14.7 Å². The number of amides is 1. The van der Waals surface area contributed by atoms with Crippen LogP contribution in [0.25, 0.3) is 0 Å². The third-order valence-corrected chi connectivity index (χ3v) is 7.40. The minimum atomic E-state index is -0.180. The first kappa shape index (κ1) is 25.0. The number of thioether (sulfide) groups is 1. The van der Waals surface area contributed by atoms with Crippen molar-refractivity contribution in [3.63, 3.8) is 0 Å². The van der Waals surface area contributed by atoms with Crippen molar-refractivity contribution >= 4 is 29.2 Å². The first-order valence-electron chi connectivity index (χ1n) is 11.9. The number of anilines is 2. The molecule has 184 valence electrons. The Morgan fingerprint density at radius 3 is 2.46 bits per heavy atom. The van der Waals surface area contributed by atoms with Crippen molar-refractivity contribution in [1.29, 1.82) is 0 Å². The van der Waals surface area contributed by atoms with Gasteiger partial charge in [0.15, 0.2) is 5.16 Å². The Kier molecular flexibility index (Phi) is 7.90. The first-order valence-corrected chi connectivity index (χ1v) is 12.9. The molecular formula is C27H32FN5OS. The van der Waals surface area contributed by atoms with Crippen molar-refractivity contribution in [3.05, 3.63) is 76.7 Å². The van der Waals surface area contributed by atoms with Crippen LogP contribution in [0.1, 0.15) is 34.1 Å². The van der Waals surface area contributed by atoms with Crippen LogP contribution in [0.15, 0.2) is 53.7 Å². The van der Waals surface area contributed by atoms with Gasteiger partial charge in [0.25, 0.3) is 5.91 Å². The van der Waals surface area contributed by atoms with E-state index in [9.17, 15) is 9.18 Å². The van der Waals surface area contributed by atoms with Gasteiger partial charge in [-0.2, -0.15) is 0 Å². The Balaban J connectivity index is 1.45. The van der Waals surface area contributed by atoms with Gasteiger partial charge in [0.05, 0.1) is 5.69 Å². The van der Waals surface area contributed by atoms with Crippen molar-refractivity contribution in [3.8, 4) is 0 Å². The molecule has 2 heterocycles. The number of benzene rings is 2. The van der Waals surface area contributed by atoms with Gasteiger partial charge in [-0.1, -0.05) is 36.0 Å². The molecule has 0 spiro atoms. The van der Waals surface area contributed by atoms with Gasteiger partial charge >= 0.3 is 0 Å². The van der Waals surface area contributed by atoms with Gasteiger partial charge in [0.2, 0.25) is 0 Å². The monoisotopic (exact) mass is 493 g/mol. The smallest absolute Gasteiger partial charge is 0.253 e. The Morgan fingerprint density at radius 2 is 1.74 bits per heavy atom. The van der Waals surface area contributed by atoms with E-state index >= 15 is 0 Å². The van der Waals surface area contributed by atoms with E-state index in [0.717, 1.165) is 54.0 Å². The second kappa shape index (κ2) is 11.1. The Hall–Kier alpha value is -3.13. The number of hydrogen-bond acceptors (Lipinski definition) is 6. The van der Waals surface area contributed by atoms with E-state index in [4.69, 9.17) is 9.97 Å². The van der Waals surface area contributed by atoms with Crippen LogP contribution in [0, 0.1) is 19.7 Å². The highest BCUT2D eigenvalue weighted by Gasteiger charge is 2.23. The van der Waals surface area contributed by atoms with Crippen LogP contribution in [0.4, 0.5) is 15.9 Å². The van der Waals surface area contributed by atoms with Crippen LogP contribution in [0.5, 0.6) is 0 Å². The van der Waals surface area contributed by atoms with Gasteiger partial charge in [0.1, 0.15) is 11.6 Å². The minimum absolute atomic E-state index is 0.0265. The molecule has 1 saturated heterocycles. The molecule has 1 amide bonds. The predicted octanol–water partition coefficient (Wildman–Crippen LogP) is 4.94. The van der Waals surface area contributed by atoms with E-state index in [0.29, 0.717) is 23.5 Å². The molecule has 0 atom stereocenters. The van der Waals surface area contributed by atoms with E-state index in [1.807, 2.05) is 57.3 Å². The normalized spacial score (nSPS) is 13.7. The SMILES string of the molecule is CCN(C)C(=O)c1cccc(CSc2nc(C)c(C)c(N3CCN(c4ccccc4F)CC3)n2)c1. The van der Waals surface area contributed by atoms with Crippen molar-refractivity contribution in [2.45, 2.75) is 31.7 Å². The lowest BCUT2D eigenvalue weighted by atomic mass is 10.1. The summed E-state index contributed by atoms with van der Waals surface area (Å²) in [6.45, 7) is 9.72. The lowest BCUT2D eigenvalue weighted by molar-refractivity contribution is 0.0802. The maximum absolute atomic E-state index is 14.2. The van der Waals surface area contributed by atoms with Crippen LogP contribution in [-0.4, -0.2) is 60.5 Å². The summed E-state index contributed by atoms with van der Waals surface area (Å²) >= 11 is 1.57. The van der Waals surface area contributed by atoms with Gasteiger partial charge in [-0.3, -0.25) is 4.79 Å². The zero-order chi connectivity index (χ0) is 24.9. The molecule has 35 heavy (non-hydrogen) atoms. The molecule has 1 aromatic heterocycles. The molecule has 8 heteroatoms. The van der Waals surface area contributed by atoms with Crippen molar-refractivity contribution in [2.24, 2.45) is 0 Å². The second-order valence-corrected chi connectivity index (χ2v) is 9.72. The summed E-state index contributed by atoms with van der Waals surface area (Å²) in [5.74, 6) is 1.47. The molecule has 0 N–H and O–H groups in total. The molecule has 1 aliphatic heterocycles. The fourth-order valence-corrected chi connectivity index (χ4v) is 4.96. The van der Waals surface area contributed by atoms with E-state index in [-0.39, 0.29) is 11.7 Å². The first-order chi connectivity index (χ1) is 16.9. The summed E-state index contributed by atoms with van der Waals surface area (Å²) in [5, 5.41) is 0.724. The van der Waals surface area contributed by atoms with Gasteiger partial charge in [-0.05, 0) is 50.6 Å². The molecule has 1 fully saturated rings. The number of aryl methyl sites for hydroxylation is 1. The number of rotatable bonds is 7. The van der Waals surface area contributed by atoms with Gasteiger partial charge in [-0.15, -0.1) is 0 Å². The maximum atomic E-state index is 14.2. The Morgan fingerprint density at radius 1 is 1.03 bits per heavy atom. The van der Waals surface area contributed by atoms with E-state index in [1.54, 1.807) is 22.7 Å². The number of carbonyl (C=O) groups is 1. The molecule has 0 bridgehead atoms. The summed E-state index contributed by atoms with van der Waals surface area (Å²) < 4.78 is 14.2. The number of piperazine rings is 1. The van der Waals surface area contributed by atoms with Crippen LogP contribution in [0.2, 0.25) is 0 Å². The molecule has 2 aromatic carbocycles. The van der Waals surface area contributed by atoms with E-state index in [1.165, 1.54) is 6.07 Å². The lowest BCUT2D eigenvalue weighted by Crippen LogP contribution is -2.47. The van der Waals surface area contributed by atoms with Crippen LogP contribution >= 0.6 is 11.8 Å². The highest BCUT2D eigenvalue weighted by atomic mass is 32.2. The maximum Gasteiger partial charge on any atom is 0.253 e. The molecule has 0 saturated carbocycles. The molecule has 0 aliphatic carbocycles. The van der Waals surface area contributed by atoms with Crippen molar-refractivity contribution in [2.75, 3.05) is 49.6 Å². The number of para-hydroxylation sites is 1. The number of nitrogens with zero attached hydrogens (tertiary/aromatic N) is 5. The number of carbonyl (C=O) groups excluding carboxylic acids is 1. The fourth-order valence-electron chi connectivity index (χ4n) is 4.13. The largest absolute Gasteiger partial charge is 0.366 e. The third-order valence-electron chi connectivity index (χ3n) is 6.48. The average molecular weight is 494 g/mol.